The minimum absolute atomic E-state index is 0.125. The quantitative estimate of drug-likeness (QED) is 0.810. The summed E-state index contributed by atoms with van der Waals surface area (Å²) >= 11 is 1.62. The average Bonchev–Trinajstić information content (AvgIpc) is 3.13. The van der Waals surface area contributed by atoms with Gasteiger partial charge in [0.05, 0.1) is 17.3 Å². The molecule has 0 spiro atoms. The van der Waals surface area contributed by atoms with Crippen molar-refractivity contribution in [3.63, 3.8) is 0 Å². The number of thioether (sulfide) groups is 1. The Labute approximate surface area is 140 Å². The highest BCUT2D eigenvalue weighted by atomic mass is 32.2. The molecule has 5 nitrogen and oxygen atoms in total. The third-order valence-corrected chi connectivity index (χ3v) is 5.48. The van der Waals surface area contributed by atoms with Gasteiger partial charge in [-0.25, -0.2) is 4.68 Å². The Morgan fingerprint density at radius 1 is 1.26 bits per heavy atom. The van der Waals surface area contributed by atoms with E-state index < -0.39 is 0 Å². The standard InChI is InChI=1S/C17H20N4OS/c1-23-16-5-3-2-4-14(16)17(22)20-9-8-13(10-20)21-11-15(18-19-21)12-6-7-12/h2-5,11-13H,6-10H2,1H3/t13-/m0/s1. The molecule has 1 aromatic carbocycles. The van der Waals surface area contributed by atoms with E-state index in [4.69, 9.17) is 0 Å². The Kier molecular flexibility index (Phi) is 3.85. The molecule has 4 rings (SSSR count). The number of carbonyl (C=O) groups excluding carboxylic acids is 1. The van der Waals surface area contributed by atoms with Gasteiger partial charge >= 0.3 is 0 Å². The highest BCUT2D eigenvalue weighted by Crippen LogP contribution is 2.39. The van der Waals surface area contributed by atoms with Crippen LogP contribution in [0.25, 0.3) is 0 Å². The Bertz CT molecular complexity index is 725. The number of hydrogen-bond donors (Lipinski definition) is 0. The highest BCUT2D eigenvalue weighted by Gasteiger charge is 2.31. The van der Waals surface area contributed by atoms with Gasteiger partial charge in [0, 0.05) is 30.1 Å². The fourth-order valence-corrected chi connectivity index (χ4v) is 3.76. The summed E-state index contributed by atoms with van der Waals surface area (Å²) in [6, 6.07) is 8.08. The Morgan fingerprint density at radius 2 is 2.09 bits per heavy atom. The molecule has 0 bridgehead atoms. The molecule has 6 heteroatoms. The van der Waals surface area contributed by atoms with Crippen molar-refractivity contribution in [3.8, 4) is 0 Å². The number of carbonyl (C=O) groups is 1. The van der Waals surface area contributed by atoms with E-state index in [9.17, 15) is 4.79 Å². The molecule has 23 heavy (non-hydrogen) atoms. The summed E-state index contributed by atoms with van der Waals surface area (Å²) in [6.45, 7) is 1.50. The van der Waals surface area contributed by atoms with Gasteiger partial charge in [0.15, 0.2) is 0 Å². The lowest BCUT2D eigenvalue weighted by Crippen LogP contribution is -2.29. The zero-order valence-corrected chi connectivity index (χ0v) is 14.0. The van der Waals surface area contributed by atoms with Crippen LogP contribution in [-0.4, -0.2) is 45.1 Å². The largest absolute Gasteiger partial charge is 0.336 e. The molecule has 1 saturated heterocycles. The van der Waals surface area contributed by atoms with Crippen LogP contribution in [0.2, 0.25) is 0 Å². The Morgan fingerprint density at radius 3 is 2.87 bits per heavy atom. The van der Waals surface area contributed by atoms with Crippen LogP contribution in [0, 0.1) is 0 Å². The smallest absolute Gasteiger partial charge is 0.255 e. The van der Waals surface area contributed by atoms with E-state index in [1.807, 2.05) is 40.1 Å². The normalized spacial score (nSPS) is 20.9. The van der Waals surface area contributed by atoms with Crippen molar-refractivity contribution in [2.24, 2.45) is 0 Å². The molecule has 1 atom stereocenters. The molecule has 2 fully saturated rings. The number of aromatic nitrogens is 3. The van der Waals surface area contributed by atoms with Crippen LogP contribution in [0.3, 0.4) is 0 Å². The van der Waals surface area contributed by atoms with Crippen LogP contribution >= 0.6 is 11.8 Å². The summed E-state index contributed by atoms with van der Waals surface area (Å²) in [5, 5.41) is 8.57. The first kappa shape index (κ1) is 14.8. The molecule has 1 saturated carbocycles. The van der Waals surface area contributed by atoms with Gasteiger partial charge in [-0.2, -0.15) is 0 Å². The summed E-state index contributed by atoms with van der Waals surface area (Å²) < 4.78 is 1.96. The third kappa shape index (κ3) is 2.87. The molecule has 0 radical (unpaired) electrons. The van der Waals surface area contributed by atoms with E-state index in [2.05, 4.69) is 16.5 Å². The summed E-state index contributed by atoms with van der Waals surface area (Å²) in [4.78, 5) is 15.8. The summed E-state index contributed by atoms with van der Waals surface area (Å²) in [7, 11) is 0. The van der Waals surface area contributed by atoms with Crippen LogP contribution in [0.4, 0.5) is 0 Å². The van der Waals surface area contributed by atoms with Crippen molar-refractivity contribution in [2.75, 3.05) is 19.3 Å². The number of amides is 1. The maximum Gasteiger partial charge on any atom is 0.255 e. The molecule has 0 unspecified atom stereocenters. The van der Waals surface area contributed by atoms with Crippen molar-refractivity contribution in [2.45, 2.75) is 36.1 Å². The van der Waals surface area contributed by atoms with Crippen molar-refractivity contribution >= 4 is 17.7 Å². The molecule has 1 aromatic heterocycles. The SMILES string of the molecule is CSc1ccccc1C(=O)N1CC[C@H](n2cc(C3CC3)nn2)C1. The van der Waals surface area contributed by atoms with E-state index in [1.54, 1.807) is 11.8 Å². The van der Waals surface area contributed by atoms with E-state index >= 15 is 0 Å². The van der Waals surface area contributed by atoms with Gasteiger partial charge < -0.3 is 4.90 Å². The first-order chi connectivity index (χ1) is 11.3. The minimum Gasteiger partial charge on any atom is -0.336 e. The van der Waals surface area contributed by atoms with Crippen molar-refractivity contribution in [1.82, 2.24) is 19.9 Å². The summed E-state index contributed by atoms with van der Waals surface area (Å²) in [5.74, 6) is 0.747. The zero-order chi connectivity index (χ0) is 15.8. The van der Waals surface area contributed by atoms with Gasteiger partial charge in [0.1, 0.15) is 0 Å². The summed E-state index contributed by atoms with van der Waals surface area (Å²) in [5.41, 5.74) is 1.92. The lowest BCUT2D eigenvalue weighted by atomic mass is 10.2. The second-order valence-corrected chi connectivity index (χ2v) is 7.14. The van der Waals surface area contributed by atoms with Gasteiger partial charge in [-0.15, -0.1) is 16.9 Å². The molecule has 2 aromatic rings. The molecule has 1 aliphatic carbocycles. The van der Waals surface area contributed by atoms with Crippen LogP contribution in [0.15, 0.2) is 35.4 Å². The topological polar surface area (TPSA) is 51.0 Å². The summed E-state index contributed by atoms with van der Waals surface area (Å²) in [6.07, 6.45) is 7.50. The Hall–Kier alpha value is -1.82. The highest BCUT2D eigenvalue weighted by molar-refractivity contribution is 7.98. The molecule has 2 heterocycles. The van der Waals surface area contributed by atoms with Crippen LogP contribution in [0.1, 0.15) is 47.3 Å². The van der Waals surface area contributed by atoms with Crippen LogP contribution < -0.4 is 0 Å². The van der Waals surface area contributed by atoms with Gasteiger partial charge in [-0.1, -0.05) is 17.3 Å². The predicted octanol–water partition coefficient (Wildman–Crippen LogP) is 2.96. The van der Waals surface area contributed by atoms with E-state index in [-0.39, 0.29) is 11.9 Å². The van der Waals surface area contributed by atoms with Gasteiger partial charge in [-0.05, 0) is 37.7 Å². The number of likely N-dealkylation sites (tertiary alicyclic amines) is 1. The molecule has 0 N–H and O–H groups in total. The second-order valence-electron chi connectivity index (χ2n) is 6.29. The number of nitrogens with zero attached hydrogens (tertiary/aromatic N) is 4. The van der Waals surface area contributed by atoms with Crippen molar-refractivity contribution in [3.05, 3.63) is 41.7 Å². The van der Waals surface area contributed by atoms with Gasteiger partial charge in [0.25, 0.3) is 5.91 Å². The molecular formula is C17H20N4OS. The average molecular weight is 328 g/mol. The maximum atomic E-state index is 12.8. The lowest BCUT2D eigenvalue weighted by molar-refractivity contribution is 0.0783. The number of rotatable bonds is 4. The molecule has 1 aliphatic heterocycles. The fraction of sp³-hybridized carbons (Fsp3) is 0.471. The number of benzene rings is 1. The van der Waals surface area contributed by atoms with Crippen molar-refractivity contribution < 1.29 is 4.79 Å². The minimum atomic E-state index is 0.125. The second kappa shape index (κ2) is 6.00. The first-order valence-corrected chi connectivity index (χ1v) is 9.33. The zero-order valence-electron chi connectivity index (χ0n) is 13.2. The predicted molar refractivity (Wildman–Crippen MR) is 89.8 cm³/mol. The van der Waals surface area contributed by atoms with Gasteiger partial charge in [-0.3, -0.25) is 4.79 Å². The third-order valence-electron chi connectivity index (χ3n) is 4.69. The monoisotopic (exact) mass is 328 g/mol. The first-order valence-electron chi connectivity index (χ1n) is 8.10. The molecule has 120 valence electrons. The molecule has 1 amide bonds. The Balaban J connectivity index is 1.47. The molecule has 2 aliphatic rings. The van der Waals surface area contributed by atoms with E-state index in [0.717, 1.165) is 35.7 Å². The number of hydrogen-bond acceptors (Lipinski definition) is 4. The van der Waals surface area contributed by atoms with Gasteiger partial charge in [0.2, 0.25) is 0 Å². The molecular weight excluding hydrogens is 308 g/mol. The maximum absolute atomic E-state index is 12.8. The van der Waals surface area contributed by atoms with Crippen molar-refractivity contribution in [1.29, 1.82) is 0 Å². The lowest BCUT2D eigenvalue weighted by Gasteiger charge is -2.18. The van der Waals surface area contributed by atoms with E-state index in [0.29, 0.717) is 5.92 Å². The fourth-order valence-electron chi connectivity index (χ4n) is 3.17. The van der Waals surface area contributed by atoms with E-state index in [1.165, 1.54) is 12.8 Å². The van der Waals surface area contributed by atoms with Crippen LogP contribution in [0.5, 0.6) is 0 Å². The van der Waals surface area contributed by atoms with Crippen LogP contribution in [-0.2, 0) is 0 Å².